The molecule has 3 rings (SSSR count). The quantitative estimate of drug-likeness (QED) is 0.329. The third-order valence-corrected chi connectivity index (χ3v) is 4.87. The molecule has 20 heavy (non-hydrogen) atoms. The summed E-state index contributed by atoms with van der Waals surface area (Å²) < 4.78 is 4.52. The molecule has 0 amide bonds. The van der Waals surface area contributed by atoms with Gasteiger partial charge in [-0.05, 0) is 82.4 Å². The molecule has 102 valence electrons. The lowest BCUT2D eigenvalue weighted by Gasteiger charge is -2.12. The zero-order chi connectivity index (χ0) is 14.3. The largest absolute Gasteiger partial charge is 0.294 e. The van der Waals surface area contributed by atoms with Crippen LogP contribution in [0.1, 0.15) is 18.1 Å². The van der Waals surface area contributed by atoms with Crippen LogP contribution in [0.3, 0.4) is 0 Å². The van der Waals surface area contributed by atoms with E-state index in [2.05, 4.69) is 80.1 Å². The zero-order valence-electron chi connectivity index (χ0n) is 10.6. The van der Waals surface area contributed by atoms with Gasteiger partial charge in [-0.1, -0.05) is 12.1 Å². The SMILES string of the molecule is CC(Cl)c1nc2cc(I)ccc2n1-c1ccccc1I. The van der Waals surface area contributed by atoms with Crippen LogP contribution in [0.5, 0.6) is 0 Å². The summed E-state index contributed by atoms with van der Waals surface area (Å²) in [7, 11) is 0. The van der Waals surface area contributed by atoms with Crippen molar-refractivity contribution in [3.05, 3.63) is 55.4 Å². The van der Waals surface area contributed by atoms with Gasteiger partial charge in [0.25, 0.3) is 0 Å². The molecule has 1 heterocycles. The Morgan fingerprint density at radius 2 is 1.90 bits per heavy atom. The molecule has 0 aliphatic rings. The maximum Gasteiger partial charge on any atom is 0.132 e. The average Bonchev–Trinajstić information content (AvgIpc) is 2.78. The maximum absolute atomic E-state index is 6.33. The zero-order valence-corrected chi connectivity index (χ0v) is 15.7. The van der Waals surface area contributed by atoms with E-state index in [1.54, 1.807) is 0 Å². The van der Waals surface area contributed by atoms with E-state index in [9.17, 15) is 0 Å². The van der Waals surface area contributed by atoms with Gasteiger partial charge in [-0.15, -0.1) is 11.6 Å². The Bertz CT molecular complexity index is 781. The van der Waals surface area contributed by atoms with Crippen LogP contribution in [0.4, 0.5) is 0 Å². The topological polar surface area (TPSA) is 17.8 Å². The van der Waals surface area contributed by atoms with Gasteiger partial charge in [-0.25, -0.2) is 4.98 Å². The summed E-state index contributed by atoms with van der Waals surface area (Å²) in [5.74, 6) is 0.882. The normalized spacial score (nSPS) is 12.8. The van der Waals surface area contributed by atoms with Crippen molar-refractivity contribution in [2.24, 2.45) is 0 Å². The Morgan fingerprint density at radius 1 is 1.15 bits per heavy atom. The Balaban J connectivity index is 2.38. The summed E-state index contributed by atoms with van der Waals surface area (Å²) in [6.45, 7) is 1.96. The average molecular weight is 509 g/mol. The van der Waals surface area contributed by atoms with Crippen LogP contribution in [0.25, 0.3) is 16.7 Å². The summed E-state index contributed by atoms with van der Waals surface area (Å²) in [5.41, 5.74) is 3.20. The standard InChI is InChI=1S/C15H11ClI2N2/c1-9(16)15-19-12-8-10(17)6-7-14(12)20(15)13-5-3-2-4-11(13)18/h2-9H,1H3. The van der Waals surface area contributed by atoms with Crippen molar-refractivity contribution >= 4 is 67.8 Å². The third kappa shape index (κ3) is 2.57. The molecule has 0 radical (unpaired) electrons. The first-order valence-corrected chi connectivity index (χ1v) is 8.74. The van der Waals surface area contributed by atoms with Crippen molar-refractivity contribution in [1.82, 2.24) is 9.55 Å². The smallest absolute Gasteiger partial charge is 0.132 e. The molecule has 2 aromatic carbocycles. The summed E-state index contributed by atoms with van der Waals surface area (Å²) >= 11 is 11.0. The van der Waals surface area contributed by atoms with E-state index in [4.69, 9.17) is 16.6 Å². The molecular formula is C15H11ClI2N2. The van der Waals surface area contributed by atoms with E-state index >= 15 is 0 Å². The van der Waals surface area contributed by atoms with Gasteiger partial charge in [0.15, 0.2) is 0 Å². The number of rotatable bonds is 2. The summed E-state index contributed by atoms with van der Waals surface area (Å²) in [5, 5.41) is -0.143. The van der Waals surface area contributed by atoms with E-state index < -0.39 is 0 Å². The fourth-order valence-corrected chi connectivity index (χ4v) is 3.47. The Hall–Kier alpha value is -0.340. The van der Waals surface area contributed by atoms with Gasteiger partial charge < -0.3 is 0 Å². The van der Waals surface area contributed by atoms with E-state index in [0.717, 1.165) is 22.5 Å². The van der Waals surface area contributed by atoms with Gasteiger partial charge in [-0.3, -0.25) is 4.57 Å². The Morgan fingerprint density at radius 3 is 2.60 bits per heavy atom. The number of alkyl halides is 1. The van der Waals surface area contributed by atoms with Crippen LogP contribution in [-0.2, 0) is 0 Å². The number of hydrogen-bond acceptors (Lipinski definition) is 1. The lowest BCUT2D eigenvalue weighted by molar-refractivity contribution is 0.880. The number of nitrogens with zero attached hydrogens (tertiary/aromatic N) is 2. The highest BCUT2D eigenvalue weighted by atomic mass is 127. The fraction of sp³-hybridized carbons (Fsp3) is 0.133. The highest BCUT2D eigenvalue weighted by Gasteiger charge is 2.17. The van der Waals surface area contributed by atoms with Gasteiger partial charge in [0.05, 0.1) is 22.1 Å². The summed E-state index contributed by atoms with van der Waals surface area (Å²) in [6.07, 6.45) is 0. The molecule has 0 aliphatic carbocycles. The summed E-state index contributed by atoms with van der Waals surface area (Å²) in [6, 6.07) is 14.6. The van der Waals surface area contributed by atoms with Crippen LogP contribution in [0.2, 0.25) is 0 Å². The van der Waals surface area contributed by atoms with Gasteiger partial charge in [-0.2, -0.15) is 0 Å². The van der Waals surface area contributed by atoms with Crippen LogP contribution in [0.15, 0.2) is 42.5 Å². The van der Waals surface area contributed by atoms with Crippen molar-refractivity contribution in [2.75, 3.05) is 0 Å². The van der Waals surface area contributed by atoms with Gasteiger partial charge >= 0.3 is 0 Å². The van der Waals surface area contributed by atoms with Gasteiger partial charge in [0.1, 0.15) is 5.82 Å². The molecule has 3 aromatic rings. The molecule has 0 bridgehead atoms. The Labute approximate surface area is 149 Å². The number of benzene rings is 2. The molecule has 2 nitrogen and oxygen atoms in total. The molecule has 1 aromatic heterocycles. The van der Waals surface area contributed by atoms with Crippen molar-refractivity contribution in [1.29, 1.82) is 0 Å². The molecule has 0 spiro atoms. The molecule has 5 heteroatoms. The maximum atomic E-state index is 6.33. The first-order valence-electron chi connectivity index (χ1n) is 6.15. The second-order valence-corrected chi connectivity index (χ2v) is 7.57. The number of aromatic nitrogens is 2. The lowest BCUT2D eigenvalue weighted by atomic mass is 10.2. The molecular weight excluding hydrogens is 497 g/mol. The monoisotopic (exact) mass is 508 g/mol. The van der Waals surface area contributed by atoms with Crippen LogP contribution < -0.4 is 0 Å². The van der Waals surface area contributed by atoms with Crippen molar-refractivity contribution in [3.63, 3.8) is 0 Å². The molecule has 0 fully saturated rings. The van der Waals surface area contributed by atoms with Gasteiger partial charge in [0.2, 0.25) is 0 Å². The van der Waals surface area contributed by atoms with Crippen LogP contribution in [0, 0.1) is 7.14 Å². The van der Waals surface area contributed by atoms with Crippen molar-refractivity contribution in [2.45, 2.75) is 12.3 Å². The number of para-hydroxylation sites is 1. The van der Waals surface area contributed by atoms with E-state index in [1.165, 1.54) is 7.14 Å². The van der Waals surface area contributed by atoms with Crippen molar-refractivity contribution < 1.29 is 0 Å². The fourth-order valence-electron chi connectivity index (χ4n) is 2.23. The van der Waals surface area contributed by atoms with E-state index in [-0.39, 0.29) is 5.38 Å². The Kier molecular flexibility index (Phi) is 4.24. The lowest BCUT2D eigenvalue weighted by Crippen LogP contribution is -2.03. The molecule has 0 aliphatic heterocycles. The van der Waals surface area contributed by atoms with Crippen molar-refractivity contribution in [3.8, 4) is 5.69 Å². The van der Waals surface area contributed by atoms with Gasteiger partial charge in [0, 0.05) is 7.14 Å². The van der Waals surface area contributed by atoms with Crippen LogP contribution in [-0.4, -0.2) is 9.55 Å². The number of halogens is 3. The number of imidazole rings is 1. The van der Waals surface area contributed by atoms with E-state index in [0.29, 0.717) is 0 Å². The first-order chi connectivity index (χ1) is 9.58. The number of hydrogen-bond donors (Lipinski definition) is 0. The molecule has 1 unspecified atom stereocenters. The number of fused-ring (bicyclic) bond motifs is 1. The van der Waals surface area contributed by atoms with E-state index in [1.807, 2.05) is 19.1 Å². The molecule has 0 saturated heterocycles. The minimum Gasteiger partial charge on any atom is -0.294 e. The second-order valence-electron chi connectivity index (χ2n) is 4.51. The van der Waals surface area contributed by atoms with Crippen LogP contribution >= 0.6 is 56.8 Å². The molecule has 1 atom stereocenters. The predicted molar refractivity (Wildman–Crippen MR) is 101 cm³/mol. The molecule has 0 N–H and O–H groups in total. The highest BCUT2D eigenvalue weighted by Crippen LogP contribution is 2.30. The highest BCUT2D eigenvalue weighted by molar-refractivity contribution is 14.1. The predicted octanol–water partition coefficient (Wildman–Crippen LogP) is 5.53. The molecule has 0 saturated carbocycles. The minimum atomic E-state index is -0.143. The minimum absolute atomic E-state index is 0.143. The summed E-state index contributed by atoms with van der Waals surface area (Å²) in [4.78, 5) is 4.71. The second kappa shape index (κ2) is 5.81. The first kappa shape index (κ1) is 14.6. The third-order valence-electron chi connectivity index (χ3n) is 3.09.